The average Bonchev–Trinajstić information content (AvgIpc) is 2.51. The number of aliphatic hydroxyl groups excluding tert-OH is 1. The molecule has 0 fully saturated rings. The van der Waals surface area contributed by atoms with Gasteiger partial charge in [0.2, 0.25) is 0 Å². The molecule has 1 rings (SSSR count). The van der Waals surface area contributed by atoms with Gasteiger partial charge >= 0.3 is 0 Å². The van der Waals surface area contributed by atoms with Crippen LogP contribution < -0.4 is 5.32 Å². The predicted molar refractivity (Wildman–Crippen MR) is 52.8 cm³/mol. The summed E-state index contributed by atoms with van der Waals surface area (Å²) >= 11 is 0. The van der Waals surface area contributed by atoms with Crippen LogP contribution in [0.2, 0.25) is 0 Å². The number of aromatic nitrogens is 1. The molecule has 0 saturated carbocycles. The molecule has 0 aliphatic carbocycles. The number of hydrogen-bond donors (Lipinski definition) is 2. The van der Waals surface area contributed by atoms with Crippen LogP contribution in [-0.2, 0) is 0 Å². The van der Waals surface area contributed by atoms with Gasteiger partial charge in [0.15, 0.2) is 6.23 Å². The predicted octanol–water partition coefficient (Wildman–Crippen LogP) is 0.125. The molecule has 0 aliphatic rings. The van der Waals surface area contributed by atoms with Crippen LogP contribution >= 0.6 is 0 Å². The first-order chi connectivity index (χ1) is 6.59. The molecule has 0 radical (unpaired) electrons. The van der Waals surface area contributed by atoms with Crippen LogP contribution in [0.15, 0.2) is 10.6 Å². The minimum absolute atomic E-state index is 0.529. The molecule has 0 bridgehead atoms. The lowest BCUT2D eigenvalue weighted by molar-refractivity contribution is 0.127. The Morgan fingerprint density at radius 2 is 2.36 bits per heavy atom. The summed E-state index contributed by atoms with van der Waals surface area (Å²) in [5.74, 6) is 0.702. The maximum absolute atomic E-state index is 9.59. The van der Waals surface area contributed by atoms with Crippen molar-refractivity contribution in [1.82, 2.24) is 15.4 Å². The molecule has 1 atom stereocenters. The van der Waals surface area contributed by atoms with Crippen molar-refractivity contribution in [2.45, 2.75) is 13.2 Å². The van der Waals surface area contributed by atoms with Crippen LogP contribution in [0.4, 0.5) is 0 Å². The van der Waals surface area contributed by atoms with E-state index in [2.05, 4.69) is 10.5 Å². The quantitative estimate of drug-likeness (QED) is 0.660. The molecular formula is C9H17N3O2. The van der Waals surface area contributed by atoms with E-state index in [1.165, 1.54) is 0 Å². The monoisotopic (exact) mass is 199 g/mol. The molecule has 2 N–H and O–H groups in total. The first-order valence-corrected chi connectivity index (χ1v) is 4.59. The van der Waals surface area contributed by atoms with Crippen molar-refractivity contribution in [1.29, 1.82) is 0 Å². The average molecular weight is 199 g/mol. The van der Waals surface area contributed by atoms with E-state index in [-0.39, 0.29) is 0 Å². The number of nitrogens with zero attached hydrogens (tertiary/aromatic N) is 2. The number of aliphatic hydroxyl groups is 1. The summed E-state index contributed by atoms with van der Waals surface area (Å²) in [5.41, 5.74) is 0.529. The lowest BCUT2D eigenvalue weighted by atomic mass is 10.3. The minimum atomic E-state index is -0.743. The lowest BCUT2D eigenvalue weighted by Crippen LogP contribution is -2.29. The fourth-order valence-corrected chi connectivity index (χ4v) is 1.04. The van der Waals surface area contributed by atoms with Crippen molar-refractivity contribution in [3.63, 3.8) is 0 Å². The number of likely N-dealkylation sites (N-methyl/N-ethyl adjacent to an activating group) is 1. The van der Waals surface area contributed by atoms with Gasteiger partial charge in [0.05, 0.1) is 0 Å². The molecule has 0 aromatic carbocycles. The van der Waals surface area contributed by atoms with E-state index in [1.807, 2.05) is 19.0 Å². The molecule has 0 aliphatic heterocycles. The van der Waals surface area contributed by atoms with E-state index in [0.29, 0.717) is 18.0 Å². The van der Waals surface area contributed by atoms with Gasteiger partial charge < -0.3 is 14.5 Å². The van der Waals surface area contributed by atoms with Crippen LogP contribution in [0.3, 0.4) is 0 Å². The molecule has 1 aromatic heterocycles. The molecule has 5 nitrogen and oxygen atoms in total. The van der Waals surface area contributed by atoms with Gasteiger partial charge in [0.1, 0.15) is 11.5 Å². The third-order valence-corrected chi connectivity index (χ3v) is 1.82. The molecule has 5 heteroatoms. The van der Waals surface area contributed by atoms with Gasteiger partial charge in [-0.2, -0.15) is 0 Å². The summed E-state index contributed by atoms with van der Waals surface area (Å²) in [6.07, 6.45) is -0.743. The second-order valence-corrected chi connectivity index (χ2v) is 3.52. The maximum Gasteiger partial charge on any atom is 0.151 e. The molecule has 1 heterocycles. The zero-order valence-corrected chi connectivity index (χ0v) is 8.82. The normalized spacial score (nSPS) is 13.5. The van der Waals surface area contributed by atoms with Gasteiger partial charge in [-0.25, -0.2) is 0 Å². The van der Waals surface area contributed by atoms with E-state index in [1.54, 1.807) is 13.0 Å². The van der Waals surface area contributed by atoms with Gasteiger partial charge in [0, 0.05) is 19.2 Å². The van der Waals surface area contributed by atoms with Crippen molar-refractivity contribution in [2.75, 3.05) is 27.2 Å². The van der Waals surface area contributed by atoms with Crippen LogP contribution in [0.25, 0.3) is 0 Å². The Morgan fingerprint density at radius 1 is 1.64 bits per heavy atom. The highest BCUT2D eigenvalue weighted by Gasteiger charge is 2.10. The van der Waals surface area contributed by atoms with Gasteiger partial charge in [-0.05, 0) is 21.0 Å². The Bertz CT molecular complexity index is 273. The first kappa shape index (κ1) is 11.2. The van der Waals surface area contributed by atoms with Gasteiger partial charge in [0.25, 0.3) is 0 Å². The first-order valence-electron chi connectivity index (χ1n) is 4.59. The van der Waals surface area contributed by atoms with Crippen molar-refractivity contribution in [3.05, 3.63) is 17.5 Å². The fraction of sp³-hybridized carbons (Fsp3) is 0.667. The Kier molecular flexibility index (Phi) is 4.06. The second-order valence-electron chi connectivity index (χ2n) is 3.52. The number of aryl methyl sites for hydroxylation is 1. The van der Waals surface area contributed by atoms with Gasteiger partial charge in [-0.15, -0.1) is 0 Å². The van der Waals surface area contributed by atoms with Crippen molar-refractivity contribution >= 4 is 0 Å². The minimum Gasteiger partial charge on any atom is -0.373 e. The molecule has 80 valence electrons. The summed E-state index contributed by atoms with van der Waals surface area (Å²) in [6.45, 7) is 3.37. The van der Waals surface area contributed by atoms with E-state index in [4.69, 9.17) is 4.52 Å². The summed E-state index contributed by atoms with van der Waals surface area (Å²) in [5, 5.41) is 16.2. The number of hydrogen-bond acceptors (Lipinski definition) is 5. The van der Waals surface area contributed by atoms with E-state index in [0.717, 1.165) is 6.54 Å². The zero-order chi connectivity index (χ0) is 10.6. The summed E-state index contributed by atoms with van der Waals surface area (Å²) in [4.78, 5) is 2.04. The van der Waals surface area contributed by atoms with Crippen LogP contribution in [0.5, 0.6) is 0 Å². The SMILES string of the molecule is Cc1cc(C(O)NCCN(C)C)no1. The highest BCUT2D eigenvalue weighted by Crippen LogP contribution is 2.08. The highest BCUT2D eigenvalue weighted by atomic mass is 16.5. The van der Waals surface area contributed by atoms with Gasteiger partial charge in [-0.1, -0.05) is 5.16 Å². The van der Waals surface area contributed by atoms with Crippen LogP contribution in [0, 0.1) is 6.92 Å². The molecule has 0 saturated heterocycles. The van der Waals surface area contributed by atoms with E-state index in [9.17, 15) is 5.11 Å². The smallest absolute Gasteiger partial charge is 0.151 e. The lowest BCUT2D eigenvalue weighted by Gasteiger charge is -2.12. The van der Waals surface area contributed by atoms with Gasteiger partial charge in [-0.3, -0.25) is 5.32 Å². The Labute approximate surface area is 83.7 Å². The molecule has 1 unspecified atom stereocenters. The maximum atomic E-state index is 9.59. The summed E-state index contributed by atoms with van der Waals surface area (Å²) in [6, 6.07) is 1.72. The van der Waals surface area contributed by atoms with Crippen LogP contribution in [0.1, 0.15) is 17.7 Å². The van der Waals surface area contributed by atoms with Crippen molar-refractivity contribution in [2.24, 2.45) is 0 Å². The molecule has 14 heavy (non-hydrogen) atoms. The molecular weight excluding hydrogens is 182 g/mol. The largest absolute Gasteiger partial charge is 0.373 e. The Hall–Kier alpha value is -0.910. The Balaban J connectivity index is 2.32. The Morgan fingerprint density at radius 3 is 2.86 bits per heavy atom. The summed E-state index contributed by atoms with van der Waals surface area (Å²) in [7, 11) is 3.96. The molecule has 0 amide bonds. The van der Waals surface area contributed by atoms with Crippen molar-refractivity contribution < 1.29 is 9.63 Å². The third-order valence-electron chi connectivity index (χ3n) is 1.82. The van der Waals surface area contributed by atoms with E-state index >= 15 is 0 Å². The molecule has 0 spiro atoms. The van der Waals surface area contributed by atoms with Crippen LogP contribution in [-0.4, -0.2) is 42.3 Å². The van der Waals surface area contributed by atoms with E-state index < -0.39 is 6.23 Å². The molecule has 1 aromatic rings. The number of nitrogens with one attached hydrogen (secondary N) is 1. The topological polar surface area (TPSA) is 61.5 Å². The zero-order valence-electron chi connectivity index (χ0n) is 8.82. The second kappa shape index (κ2) is 5.09. The third kappa shape index (κ3) is 3.45. The number of rotatable bonds is 5. The van der Waals surface area contributed by atoms with Crippen molar-refractivity contribution in [3.8, 4) is 0 Å². The fourth-order valence-electron chi connectivity index (χ4n) is 1.04. The standard InChI is InChI=1S/C9H17N3O2/c1-7-6-8(11-14-7)9(13)10-4-5-12(2)3/h6,9-10,13H,4-5H2,1-3H3. The highest BCUT2D eigenvalue weighted by molar-refractivity contribution is 5.05. The summed E-state index contributed by atoms with van der Waals surface area (Å²) < 4.78 is 4.85.